The quantitative estimate of drug-likeness (QED) is 0.153. The summed E-state index contributed by atoms with van der Waals surface area (Å²) in [5.41, 5.74) is -1.13. The van der Waals surface area contributed by atoms with Gasteiger partial charge in [0.2, 0.25) is 0 Å². The lowest BCUT2D eigenvalue weighted by atomic mass is 9.97. The third kappa shape index (κ3) is 5.17. The van der Waals surface area contributed by atoms with E-state index in [1.807, 2.05) is 0 Å². The average Bonchev–Trinajstić information content (AvgIpc) is 2.75. The van der Waals surface area contributed by atoms with Gasteiger partial charge in [0.15, 0.2) is 17.8 Å². The summed E-state index contributed by atoms with van der Waals surface area (Å²) in [5.74, 6) is -0.538. The van der Waals surface area contributed by atoms with Gasteiger partial charge >= 0.3 is 0 Å². The van der Waals surface area contributed by atoms with Crippen molar-refractivity contribution >= 4 is 12.6 Å². The van der Waals surface area contributed by atoms with Crippen molar-refractivity contribution in [3.05, 3.63) is 18.2 Å². The van der Waals surface area contributed by atoms with Crippen molar-refractivity contribution in [3.8, 4) is 17.2 Å². The second kappa shape index (κ2) is 10.0. The number of ether oxygens (including phenoxy) is 4. The molecule has 1 aromatic carbocycles. The number of aliphatic hydroxyl groups excluding tert-OH is 6. The normalized spacial score (nSPS) is 41.1. The van der Waals surface area contributed by atoms with E-state index in [1.54, 1.807) is 0 Å². The SMILES string of the molecule is OC[C@H]1O[C@@H](O[C@H]2[C@H](O)[C@@H](O)[C@H](S)O[C@@H]2COc2cc(O)ccc2O)[C@H](O)[C@@H](O)[C@@H]1O. The highest BCUT2D eigenvalue weighted by Crippen LogP contribution is 2.33. The summed E-state index contributed by atoms with van der Waals surface area (Å²) in [4.78, 5) is 0. The van der Waals surface area contributed by atoms with Crippen molar-refractivity contribution in [2.24, 2.45) is 0 Å². The molecule has 0 saturated carbocycles. The van der Waals surface area contributed by atoms with Crippen molar-refractivity contribution in [3.63, 3.8) is 0 Å². The molecule has 3 rings (SSSR count). The minimum atomic E-state index is -1.74. The third-order valence-corrected chi connectivity index (χ3v) is 5.57. The van der Waals surface area contributed by atoms with Gasteiger partial charge in [0.05, 0.1) is 6.61 Å². The standard InChI is InChI=1S/C18H26O12S/c19-4-9-11(22)12(23)14(25)17(28-9)30-16-10(29-18(31)15(26)13(16)24)5-27-8-3-6(20)1-2-7(8)21/h1-3,9-26,31H,4-5H2/t9-,10-,11-,12+,13-,14-,15-,16-,17+,18+/m1/s1. The van der Waals surface area contributed by atoms with Crippen molar-refractivity contribution in [2.45, 2.75) is 60.6 Å². The summed E-state index contributed by atoms with van der Waals surface area (Å²) in [7, 11) is 0. The van der Waals surface area contributed by atoms with Crippen LogP contribution in [0.25, 0.3) is 0 Å². The summed E-state index contributed by atoms with van der Waals surface area (Å²) < 4.78 is 21.8. The maximum atomic E-state index is 10.5. The number of aromatic hydroxyl groups is 2. The van der Waals surface area contributed by atoms with E-state index in [1.165, 1.54) is 12.1 Å². The molecule has 8 N–H and O–H groups in total. The van der Waals surface area contributed by atoms with Gasteiger partial charge in [-0.2, -0.15) is 0 Å². The molecule has 176 valence electrons. The molecule has 0 aromatic heterocycles. The third-order valence-electron chi connectivity index (χ3n) is 5.15. The Bertz CT molecular complexity index is 735. The zero-order chi connectivity index (χ0) is 22.9. The van der Waals surface area contributed by atoms with E-state index in [0.29, 0.717) is 0 Å². The number of hydrogen-bond donors (Lipinski definition) is 9. The first kappa shape index (κ1) is 24.3. The fourth-order valence-corrected chi connectivity index (χ4v) is 3.68. The Morgan fingerprint density at radius 1 is 0.871 bits per heavy atom. The van der Waals surface area contributed by atoms with Crippen LogP contribution in [0.1, 0.15) is 0 Å². The zero-order valence-electron chi connectivity index (χ0n) is 16.1. The Balaban J connectivity index is 1.76. The first-order valence-corrected chi connectivity index (χ1v) is 9.96. The number of benzene rings is 1. The second-order valence-corrected chi connectivity index (χ2v) is 7.82. The lowest BCUT2D eigenvalue weighted by molar-refractivity contribution is -0.337. The van der Waals surface area contributed by atoms with Gasteiger partial charge in [-0.05, 0) is 12.1 Å². The molecule has 0 unspecified atom stereocenters. The summed E-state index contributed by atoms with van der Waals surface area (Å²) >= 11 is 4.05. The molecule has 0 radical (unpaired) electrons. The van der Waals surface area contributed by atoms with Crippen molar-refractivity contribution < 1.29 is 59.8 Å². The van der Waals surface area contributed by atoms with E-state index >= 15 is 0 Å². The molecule has 13 heteroatoms. The molecule has 0 spiro atoms. The maximum absolute atomic E-state index is 10.5. The van der Waals surface area contributed by atoms with Gasteiger partial charge in [0.1, 0.15) is 66.6 Å². The van der Waals surface area contributed by atoms with Crippen molar-refractivity contribution in [1.82, 2.24) is 0 Å². The van der Waals surface area contributed by atoms with Gasteiger partial charge in [-0.1, -0.05) is 0 Å². The fourth-order valence-electron chi connectivity index (χ4n) is 3.35. The molecule has 2 fully saturated rings. The fraction of sp³-hybridized carbons (Fsp3) is 0.667. The predicted molar refractivity (Wildman–Crippen MR) is 104 cm³/mol. The minimum absolute atomic E-state index is 0.0912. The van der Waals surface area contributed by atoms with Crippen LogP contribution in [0.3, 0.4) is 0 Å². The van der Waals surface area contributed by atoms with Gasteiger partial charge in [-0.15, -0.1) is 12.6 Å². The molecule has 2 heterocycles. The molecule has 2 aliphatic heterocycles. The van der Waals surface area contributed by atoms with E-state index in [4.69, 9.17) is 18.9 Å². The van der Waals surface area contributed by atoms with E-state index in [0.717, 1.165) is 6.07 Å². The Hall–Kier alpha value is -1.39. The molecule has 0 aliphatic carbocycles. The van der Waals surface area contributed by atoms with E-state index in [2.05, 4.69) is 12.6 Å². The number of thiol groups is 1. The van der Waals surface area contributed by atoms with Crippen molar-refractivity contribution in [2.75, 3.05) is 13.2 Å². The average molecular weight is 466 g/mol. The Morgan fingerprint density at radius 3 is 2.26 bits per heavy atom. The molecular formula is C18H26O12S. The lowest BCUT2D eigenvalue weighted by Gasteiger charge is -2.45. The topological polar surface area (TPSA) is 199 Å². The highest BCUT2D eigenvalue weighted by Gasteiger charge is 2.50. The zero-order valence-corrected chi connectivity index (χ0v) is 17.0. The number of phenolic OH excluding ortho intramolecular Hbond substituents is 2. The molecule has 2 saturated heterocycles. The van der Waals surface area contributed by atoms with E-state index in [9.17, 15) is 40.9 Å². The Morgan fingerprint density at radius 2 is 1.58 bits per heavy atom. The van der Waals surface area contributed by atoms with Crippen LogP contribution in [0, 0.1) is 0 Å². The van der Waals surface area contributed by atoms with Crippen molar-refractivity contribution in [1.29, 1.82) is 0 Å². The monoisotopic (exact) mass is 466 g/mol. The lowest BCUT2D eigenvalue weighted by Crippen LogP contribution is -2.64. The molecular weight excluding hydrogens is 440 g/mol. The largest absolute Gasteiger partial charge is 0.508 e. The predicted octanol–water partition coefficient (Wildman–Crippen LogP) is -2.96. The van der Waals surface area contributed by atoms with Crippen LogP contribution >= 0.6 is 12.6 Å². The number of aliphatic hydroxyl groups is 6. The molecule has 2 aliphatic rings. The van der Waals surface area contributed by atoms with Crippen LogP contribution in [0.2, 0.25) is 0 Å². The maximum Gasteiger partial charge on any atom is 0.187 e. The number of hydrogen-bond acceptors (Lipinski definition) is 13. The van der Waals surface area contributed by atoms with Gasteiger partial charge < -0.3 is 59.8 Å². The highest BCUT2D eigenvalue weighted by molar-refractivity contribution is 7.80. The number of rotatable bonds is 6. The van der Waals surface area contributed by atoms with Crippen LogP contribution < -0.4 is 4.74 Å². The molecule has 12 nitrogen and oxygen atoms in total. The summed E-state index contributed by atoms with van der Waals surface area (Å²) in [6.07, 6.45) is -13.5. The second-order valence-electron chi connectivity index (χ2n) is 7.31. The van der Waals surface area contributed by atoms with Gasteiger partial charge in [-0.25, -0.2) is 0 Å². The van der Waals surface area contributed by atoms with Gasteiger partial charge in [-0.3, -0.25) is 0 Å². The highest BCUT2D eigenvalue weighted by atomic mass is 32.1. The van der Waals surface area contributed by atoms with Crippen LogP contribution in [-0.4, -0.2) is 115 Å². The number of phenols is 2. The summed E-state index contributed by atoms with van der Waals surface area (Å²) in [6.45, 7) is -1.03. The van der Waals surface area contributed by atoms with Crippen LogP contribution in [0.4, 0.5) is 0 Å². The smallest absolute Gasteiger partial charge is 0.187 e. The first-order chi connectivity index (χ1) is 14.6. The first-order valence-electron chi connectivity index (χ1n) is 9.44. The Labute approximate surface area is 182 Å². The Kier molecular flexibility index (Phi) is 7.86. The summed E-state index contributed by atoms with van der Waals surface area (Å²) in [5, 5.41) is 79.3. The van der Waals surface area contributed by atoms with Crippen LogP contribution in [0.15, 0.2) is 18.2 Å². The molecule has 31 heavy (non-hydrogen) atoms. The molecule has 0 amide bonds. The van der Waals surface area contributed by atoms with E-state index in [-0.39, 0.29) is 23.9 Å². The minimum Gasteiger partial charge on any atom is -0.508 e. The molecule has 1 aromatic rings. The van der Waals surface area contributed by atoms with Gasteiger partial charge in [0, 0.05) is 6.07 Å². The van der Waals surface area contributed by atoms with Crippen LogP contribution in [-0.2, 0) is 14.2 Å². The van der Waals surface area contributed by atoms with Gasteiger partial charge in [0.25, 0.3) is 0 Å². The molecule has 10 atom stereocenters. The van der Waals surface area contributed by atoms with E-state index < -0.39 is 67.2 Å². The van der Waals surface area contributed by atoms with Crippen LogP contribution in [0.5, 0.6) is 17.2 Å². The molecule has 0 bridgehead atoms. The summed E-state index contributed by atoms with van der Waals surface area (Å²) in [6, 6.07) is 3.59.